The lowest BCUT2D eigenvalue weighted by molar-refractivity contribution is -0.121. The zero-order chi connectivity index (χ0) is 19.8. The summed E-state index contributed by atoms with van der Waals surface area (Å²) in [7, 11) is 2.06. The summed E-state index contributed by atoms with van der Waals surface area (Å²) in [4.78, 5) is 14.9. The minimum Gasteiger partial charge on any atom is -0.308 e. The summed E-state index contributed by atoms with van der Waals surface area (Å²) < 4.78 is 14.7. The van der Waals surface area contributed by atoms with Crippen LogP contribution in [0.25, 0.3) is 22.0 Å². The van der Waals surface area contributed by atoms with Crippen molar-refractivity contribution in [1.82, 2.24) is 15.1 Å². The van der Waals surface area contributed by atoms with E-state index in [0.29, 0.717) is 27.5 Å². The number of hydrogen-bond donors (Lipinski definition) is 2. The van der Waals surface area contributed by atoms with Crippen molar-refractivity contribution in [1.29, 1.82) is 0 Å². The highest BCUT2D eigenvalue weighted by atomic mass is 35.5. The van der Waals surface area contributed by atoms with Crippen molar-refractivity contribution in [3.8, 4) is 11.1 Å². The number of hydrogen-bond acceptors (Lipinski definition) is 3. The maximum absolute atomic E-state index is 14.7. The van der Waals surface area contributed by atoms with Crippen LogP contribution in [0.4, 0.5) is 10.2 Å². The zero-order valence-electron chi connectivity index (χ0n) is 16.3. The van der Waals surface area contributed by atoms with Gasteiger partial charge >= 0.3 is 0 Å². The third-order valence-corrected chi connectivity index (χ3v) is 5.78. The zero-order valence-corrected chi connectivity index (χ0v) is 17.8. The normalized spacial score (nSPS) is 15.3. The molecule has 0 atom stereocenters. The quantitative estimate of drug-likeness (QED) is 0.604. The Balaban J connectivity index is 0.00000240. The molecule has 2 heterocycles. The van der Waals surface area contributed by atoms with Crippen LogP contribution in [-0.4, -0.2) is 41.1 Å². The summed E-state index contributed by atoms with van der Waals surface area (Å²) in [6.07, 6.45) is 1.67. The summed E-state index contributed by atoms with van der Waals surface area (Å²) in [5.41, 5.74) is 2.31. The number of carbonyl (C=O) groups is 1. The van der Waals surface area contributed by atoms with E-state index in [-0.39, 0.29) is 30.0 Å². The number of benzene rings is 2. The van der Waals surface area contributed by atoms with Crippen LogP contribution in [0, 0.1) is 18.7 Å². The van der Waals surface area contributed by atoms with Gasteiger partial charge in [0.1, 0.15) is 5.82 Å². The van der Waals surface area contributed by atoms with Crippen molar-refractivity contribution in [2.75, 3.05) is 25.5 Å². The Hall–Kier alpha value is -2.15. The van der Waals surface area contributed by atoms with Gasteiger partial charge in [-0.3, -0.25) is 9.89 Å². The molecule has 2 N–H and O–H groups in total. The van der Waals surface area contributed by atoms with Crippen molar-refractivity contribution in [3.05, 3.63) is 46.7 Å². The second kappa shape index (κ2) is 8.69. The van der Waals surface area contributed by atoms with Crippen LogP contribution >= 0.6 is 24.0 Å². The Morgan fingerprint density at radius 1 is 1.28 bits per heavy atom. The summed E-state index contributed by atoms with van der Waals surface area (Å²) >= 11 is 6.26. The lowest BCUT2D eigenvalue weighted by Crippen LogP contribution is -2.36. The molecule has 1 aliphatic rings. The SMILES string of the molecule is Cc1ccc(Cl)c(-c2ccc3[nH]nc(NC(=O)C4CCN(C)CC4)c3c2)c1F.Cl. The van der Waals surface area contributed by atoms with Crippen molar-refractivity contribution in [3.63, 3.8) is 0 Å². The van der Waals surface area contributed by atoms with Gasteiger partial charge in [0.25, 0.3) is 0 Å². The van der Waals surface area contributed by atoms with E-state index in [2.05, 4.69) is 27.5 Å². The van der Waals surface area contributed by atoms with Crippen LogP contribution < -0.4 is 5.32 Å². The fourth-order valence-electron chi connectivity index (χ4n) is 3.68. The van der Waals surface area contributed by atoms with Crippen molar-refractivity contribution < 1.29 is 9.18 Å². The number of H-pyrrole nitrogens is 1. The molecule has 2 aromatic carbocycles. The molecule has 3 aromatic rings. The Morgan fingerprint density at radius 2 is 2.00 bits per heavy atom. The molecule has 0 radical (unpaired) electrons. The number of aromatic nitrogens is 2. The van der Waals surface area contributed by atoms with Gasteiger partial charge in [-0.1, -0.05) is 23.7 Å². The van der Waals surface area contributed by atoms with Crippen molar-refractivity contribution >= 4 is 46.6 Å². The Kier molecular flexibility index (Phi) is 6.46. The highest BCUT2D eigenvalue weighted by Crippen LogP contribution is 2.35. The monoisotopic (exact) mass is 436 g/mol. The second-order valence-corrected chi connectivity index (χ2v) is 7.86. The summed E-state index contributed by atoms with van der Waals surface area (Å²) in [5.74, 6) is 0.0821. The number of anilines is 1. The lowest BCUT2D eigenvalue weighted by Gasteiger charge is -2.27. The molecule has 1 saturated heterocycles. The molecule has 0 unspecified atom stereocenters. The van der Waals surface area contributed by atoms with E-state index < -0.39 is 0 Å². The van der Waals surface area contributed by atoms with E-state index in [4.69, 9.17) is 11.6 Å². The van der Waals surface area contributed by atoms with Crippen LogP contribution in [0.1, 0.15) is 18.4 Å². The third kappa shape index (κ3) is 4.25. The van der Waals surface area contributed by atoms with Gasteiger partial charge in [-0.05, 0) is 69.2 Å². The maximum atomic E-state index is 14.7. The van der Waals surface area contributed by atoms with Gasteiger partial charge in [-0.2, -0.15) is 5.10 Å². The number of nitrogens with zero attached hydrogens (tertiary/aromatic N) is 2. The Morgan fingerprint density at radius 3 is 2.72 bits per heavy atom. The van der Waals surface area contributed by atoms with Crippen LogP contribution in [-0.2, 0) is 4.79 Å². The first-order chi connectivity index (χ1) is 13.4. The van der Waals surface area contributed by atoms with E-state index in [1.807, 2.05) is 12.1 Å². The lowest BCUT2D eigenvalue weighted by atomic mass is 9.96. The van der Waals surface area contributed by atoms with Crippen molar-refractivity contribution in [2.24, 2.45) is 5.92 Å². The van der Waals surface area contributed by atoms with Gasteiger partial charge in [-0.15, -0.1) is 12.4 Å². The summed E-state index contributed by atoms with van der Waals surface area (Å²) in [6, 6.07) is 8.78. The maximum Gasteiger partial charge on any atom is 0.228 e. The van der Waals surface area contributed by atoms with E-state index >= 15 is 0 Å². The average Bonchev–Trinajstić information content (AvgIpc) is 3.08. The summed E-state index contributed by atoms with van der Waals surface area (Å²) in [6.45, 7) is 3.53. The average molecular weight is 437 g/mol. The number of halogens is 3. The molecule has 0 saturated carbocycles. The topological polar surface area (TPSA) is 61.0 Å². The first-order valence-electron chi connectivity index (χ1n) is 9.36. The molecule has 0 spiro atoms. The molecule has 0 aliphatic carbocycles. The van der Waals surface area contributed by atoms with Gasteiger partial charge < -0.3 is 10.2 Å². The molecule has 0 bridgehead atoms. The van der Waals surface area contributed by atoms with Gasteiger partial charge in [0.15, 0.2) is 5.82 Å². The van der Waals surface area contributed by atoms with Crippen LogP contribution in [0.3, 0.4) is 0 Å². The number of fused-ring (bicyclic) bond motifs is 1. The summed E-state index contributed by atoms with van der Waals surface area (Å²) in [5, 5.41) is 11.2. The molecule has 8 heteroatoms. The fourth-order valence-corrected chi connectivity index (χ4v) is 3.93. The van der Waals surface area contributed by atoms with E-state index in [1.165, 1.54) is 0 Å². The Labute approximate surface area is 180 Å². The van der Waals surface area contributed by atoms with Gasteiger partial charge in [0, 0.05) is 16.9 Å². The molecule has 5 nitrogen and oxygen atoms in total. The smallest absolute Gasteiger partial charge is 0.228 e. The minimum atomic E-state index is -0.341. The highest BCUT2D eigenvalue weighted by Gasteiger charge is 2.24. The number of likely N-dealkylation sites (tertiary alicyclic amines) is 1. The predicted octanol–water partition coefficient (Wildman–Crippen LogP) is 5.03. The first-order valence-corrected chi connectivity index (χ1v) is 9.74. The largest absolute Gasteiger partial charge is 0.308 e. The van der Waals surface area contributed by atoms with Crippen LogP contribution in [0.5, 0.6) is 0 Å². The number of aryl methyl sites for hydroxylation is 1. The fraction of sp³-hybridized carbons (Fsp3) is 0.333. The standard InChI is InChI=1S/C21H22ClFN4O.ClH/c1-12-3-5-16(22)18(19(12)23)14-4-6-17-15(11-14)20(26-25-17)24-21(28)13-7-9-27(2)10-8-13;/h3-6,11,13H,7-10H2,1-2H3,(H2,24,25,26,28);1H. The molecule has 154 valence electrons. The number of amides is 1. The number of piperidine rings is 1. The number of nitrogens with one attached hydrogen (secondary N) is 2. The van der Waals surface area contributed by atoms with Gasteiger partial charge in [0.05, 0.1) is 10.5 Å². The first kappa shape index (κ1) is 21.6. The van der Waals surface area contributed by atoms with Crippen molar-refractivity contribution in [2.45, 2.75) is 19.8 Å². The van der Waals surface area contributed by atoms with Gasteiger partial charge in [0.2, 0.25) is 5.91 Å². The third-order valence-electron chi connectivity index (χ3n) is 5.47. The molecule has 4 rings (SSSR count). The molecular weight excluding hydrogens is 414 g/mol. The molecular formula is C21H23Cl2FN4O. The predicted molar refractivity (Wildman–Crippen MR) is 117 cm³/mol. The van der Waals surface area contributed by atoms with Crippen LogP contribution in [0.2, 0.25) is 5.02 Å². The van der Waals surface area contributed by atoms with Crippen LogP contribution in [0.15, 0.2) is 30.3 Å². The minimum absolute atomic E-state index is 0. The highest BCUT2D eigenvalue weighted by molar-refractivity contribution is 6.33. The van der Waals surface area contributed by atoms with E-state index in [0.717, 1.165) is 36.8 Å². The molecule has 29 heavy (non-hydrogen) atoms. The Bertz CT molecular complexity index is 1040. The van der Waals surface area contributed by atoms with E-state index in [9.17, 15) is 9.18 Å². The molecule has 1 aliphatic heterocycles. The second-order valence-electron chi connectivity index (χ2n) is 7.45. The number of aromatic amines is 1. The van der Waals surface area contributed by atoms with E-state index in [1.54, 1.807) is 25.1 Å². The van der Waals surface area contributed by atoms with Gasteiger partial charge in [-0.25, -0.2) is 4.39 Å². The number of carbonyl (C=O) groups excluding carboxylic acids is 1. The molecule has 1 aromatic heterocycles. The number of rotatable bonds is 3. The molecule has 1 fully saturated rings. The molecule has 1 amide bonds.